The van der Waals surface area contributed by atoms with Crippen LogP contribution >= 0.6 is 0 Å². The molecule has 2 fully saturated rings. The molecular formula is C27H38N4O3. The average Bonchev–Trinajstić information content (AvgIpc) is 3.29. The zero-order chi connectivity index (χ0) is 24.0. The second-order valence-electron chi connectivity index (χ2n) is 9.81. The first-order chi connectivity index (χ1) is 16.4. The van der Waals surface area contributed by atoms with Gasteiger partial charge in [0.2, 0.25) is 5.91 Å². The maximum absolute atomic E-state index is 13.6. The highest BCUT2D eigenvalue weighted by atomic mass is 16.5. The van der Waals surface area contributed by atoms with Gasteiger partial charge < -0.3 is 24.8 Å². The summed E-state index contributed by atoms with van der Waals surface area (Å²) in [5.41, 5.74) is 3.35. The maximum Gasteiger partial charge on any atom is 0.227 e. The molecule has 7 heteroatoms. The van der Waals surface area contributed by atoms with Gasteiger partial charge in [-0.15, -0.1) is 0 Å². The Labute approximate surface area is 203 Å². The Morgan fingerprint density at radius 2 is 1.85 bits per heavy atom. The number of methoxy groups -OCH3 is 1. The van der Waals surface area contributed by atoms with E-state index in [1.165, 1.54) is 5.56 Å². The number of ether oxygens (including phenoxy) is 1. The Hall–Kier alpha value is -2.45. The van der Waals surface area contributed by atoms with Gasteiger partial charge in [0.05, 0.1) is 33.2 Å². The molecule has 0 aromatic heterocycles. The van der Waals surface area contributed by atoms with Gasteiger partial charge in [-0.2, -0.15) is 0 Å². The number of hydroxylamine groups is 3. The van der Waals surface area contributed by atoms with Crippen LogP contribution in [-0.4, -0.2) is 67.5 Å². The molecule has 184 valence electrons. The molecule has 0 aliphatic carbocycles. The largest absolute Gasteiger partial charge is 0.632 e. The molecule has 34 heavy (non-hydrogen) atoms. The van der Waals surface area contributed by atoms with E-state index in [0.717, 1.165) is 49.2 Å². The topological polar surface area (TPSA) is 76.7 Å². The van der Waals surface area contributed by atoms with Crippen molar-refractivity contribution in [2.75, 3.05) is 40.0 Å². The molecule has 0 spiro atoms. The molecule has 3 atom stereocenters. The van der Waals surface area contributed by atoms with E-state index in [1.807, 2.05) is 24.3 Å². The van der Waals surface area contributed by atoms with E-state index in [-0.39, 0.29) is 22.6 Å². The summed E-state index contributed by atoms with van der Waals surface area (Å²) in [6.45, 7) is 6.13. The normalized spacial score (nSPS) is 24.7. The van der Waals surface area contributed by atoms with Crippen molar-refractivity contribution in [1.29, 1.82) is 0 Å². The number of amides is 1. The van der Waals surface area contributed by atoms with Gasteiger partial charge in [0.15, 0.2) is 0 Å². The van der Waals surface area contributed by atoms with Gasteiger partial charge >= 0.3 is 0 Å². The number of carbonyl (C=O) groups is 1. The number of rotatable bonds is 9. The summed E-state index contributed by atoms with van der Waals surface area (Å²) in [5, 5.41) is 19.5. The van der Waals surface area contributed by atoms with Crippen LogP contribution in [0.5, 0.6) is 5.75 Å². The number of carbonyl (C=O) groups excluding carboxylic acids is 1. The fraction of sp³-hybridized carbons (Fsp3) is 0.519. The molecule has 1 amide bonds. The fourth-order valence-electron chi connectivity index (χ4n) is 5.04. The minimum atomic E-state index is -0.147. The molecule has 2 N–H and O–H groups in total. The summed E-state index contributed by atoms with van der Waals surface area (Å²) in [6, 6.07) is 16.6. The van der Waals surface area contributed by atoms with Gasteiger partial charge in [-0.25, -0.2) is 0 Å². The zero-order valence-corrected chi connectivity index (χ0v) is 20.5. The van der Waals surface area contributed by atoms with Crippen molar-refractivity contribution in [3.8, 4) is 5.75 Å². The number of piperidine rings is 1. The molecule has 2 saturated heterocycles. The maximum atomic E-state index is 13.6. The zero-order valence-electron chi connectivity index (χ0n) is 20.5. The van der Waals surface area contributed by atoms with Crippen molar-refractivity contribution in [3.05, 3.63) is 70.4 Å². The van der Waals surface area contributed by atoms with Crippen LogP contribution in [0.3, 0.4) is 0 Å². The summed E-state index contributed by atoms with van der Waals surface area (Å²) in [6.07, 6.45) is 3.02. The van der Waals surface area contributed by atoms with E-state index in [2.05, 4.69) is 46.7 Å². The first-order valence-electron chi connectivity index (χ1n) is 12.4. The summed E-state index contributed by atoms with van der Waals surface area (Å²) in [4.78, 5) is 15.6. The van der Waals surface area contributed by atoms with Crippen LogP contribution in [0.15, 0.2) is 48.5 Å². The predicted octanol–water partition coefficient (Wildman–Crippen LogP) is 2.96. The quantitative estimate of drug-likeness (QED) is 0.439. The lowest BCUT2D eigenvalue weighted by atomic mass is 9.94. The van der Waals surface area contributed by atoms with E-state index in [0.29, 0.717) is 32.7 Å². The summed E-state index contributed by atoms with van der Waals surface area (Å²) >= 11 is 0. The number of hydrogen-bond acceptors (Lipinski definition) is 5. The van der Waals surface area contributed by atoms with E-state index < -0.39 is 0 Å². The molecule has 2 heterocycles. The molecule has 0 radical (unpaired) electrons. The van der Waals surface area contributed by atoms with Gasteiger partial charge in [0.1, 0.15) is 12.4 Å². The second kappa shape index (κ2) is 11.3. The minimum Gasteiger partial charge on any atom is -0.632 e. The van der Waals surface area contributed by atoms with Crippen LogP contribution in [0.1, 0.15) is 36.0 Å². The highest BCUT2D eigenvalue weighted by Crippen LogP contribution is 2.23. The summed E-state index contributed by atoms with van der Waals surface area (Å²) in [7, 11) is 1.65. The third-order valence-electron chi connectivity index (χ3n) is 7.20. The molecule has 0 bridgehead atoms. The lowest BCUT2D eigenvalue weighted by Gasteiger charge is -2.41. The third-order valence-corrected chi connectivity index (χ3v) is 7.20. The minimum absolute atomic E-state index is 0.146. The van der Waals surface area contributed by atoms with Gasteiger partial charge in [-0.1, -0.05) is 42.0 Å². The first-order valence-corrected chi connectivity index (χ1v) is 12.4. The molecular weight excluding hydrogens is 428 g/mol. The standard InChI is InChI=1S/C27H38N4O3/c1-21-3-5-23(6-4-21)19-30(27(32)17-22-7-9-26(34-2)10-8-22)25-11-13-29-24(18-25)12-15-31(33)16-14-28-20-31/h3-10,24-25,28-29H,11-20H2,1-2H3. The first kappa shape index (κ1) is 24.7. The van der Waals surface area contributed by atoms with E-state index in [4.69, 9.17) is 4.74 Å². The Morgan fingerprint density at radius 3 is 2.53 bits per heavy atom. The molecule has 2 aliphatic heterocycles. The van der Waals surface area contributed by atoms with E-state index in [1.54, 1.807) is 7.11 Å². The van der Waals surface area contributed by atoms with Crippen molar-refractivity contribution >= 4 is 5.91 Å². The van der Waals surface area contributed by atoms with Crippen molar-refractivity contribution in [2.24, 2.45) is 0 Å². The number of nitrogens with zero attached hydrogens (tertiary/aromatic N) is 2. The van der Waals surface area contributed by atoms with Crippen LogP contribution in [0.25, 0.3) is 0 Å². The molecule has 7 nitrogen and oxygen atoms in total. The third kappa shape index (κ3) is 6.57. The van der Waals surface area contributed by atoms with Crippen LogP contribution in [0.4, 0.5) is 0 Å². The lowest BCUT2D eigenvalue weighted by Crippen LogP contribution is -2.51. The molecule has 4 rings (SSSR count). The monoisotopic (exact) mass is 466 g/mol. The number of nitrogens with one attached hydrogen (secondary N) is 2. The smallest absolute Gasteiger partial charge is 0.227 e. The van der Waals surface area contributed by atoms with Crippen LogP contribution in [-0.2, 0) is 17.8 Å². The molecule has 0 saturated carbocycles. The highest BCUT2D eigenvalue weighted by molar-refractivity contribution is 5.79. The number of quaternary nitrogens is 1. The predicted molar refractivity (Wildman–Crippen MR) is 134 cm³/mol. The highest BCUT2D eigenvalue weighted by Gasteiger charge is 2.31. The van der Waals surface area contributed by atoms with E-state index in [9.17, 15) is 10.0 Å². The number of aryl methyl sites for hydroxylation is 1. The molecule has 2 aromatic rings. The second-order valence-corrected chi connectivity index (χ2v) is 9.81. The number of benzene rings is 2. The van der Waals surface area contributed by atoms with E-state index >= 15 is 0 Å². The summed E-state index contributed by atoms with van der Waals surface area (Å²) in [5.74, 6) is 0.938. The molecule has 2 aromatic carbocycles. The Bertz CT molecular complexity index is 926. The van der Waals surface area contributed by atoms with Crippen molar-refractivity contribution in [1.82, 2.24) is 15.5 Å². The van der Waals surface area contributed by atoms with Gasteiger partial charge in [0, 0.05) is 25.0 Å². The number of hydrogen-bond donors (Lipinski definition) is 2. The van der Waals surface area contributed by atoms with Crippen LogP contribution in [0, 0.1) is 12.1 Å². The molecule has 3 unspecified atom stereocenters. The van der Waals surface area contributed by atoms with Gasteiger partial charge in [-0.05, 0) is 49.6 Å². The van der Waals surface area contributed by atoms with Gasteiger partial charge in [-0.3, -0.25) is 10.1 Å². The lowest BCUT2D eigenvalue weighted by molar-refractivity contribution is -0.869. The Kier molecular flexibility index (Phi) is 8.21. The van der Waals surface area contributed by atoms with Crippen LogP contribution in [0.2, 0.25) is 0 Å². The Morgan fingerprint density at radius 1 is 1.12 bits per heavy atom. The SMILES string of the molecule is COc1ccc(CC(=O)N(Cc2ccc(C)cc2)C2CCNC(CC[N+]3([O-])CCNC3)C2)cc1. The van der Waals surface area contributed by atoms with Crippen molar-refractivity contribution in [2.45, 2.75) is 51.2 Å². The Balaban J connectivity index is 1.45. The van der Waals surface area contributed by atoms with Crippen molar-refractivity contribution in [3.63, 3.8) is 0 Å². The summed E-state index contributed by atoms with van der Waals surface area (Å²) < 4.78 is 5.11. The fourth-order valence-corrected chi connectivity index (χ4v) is 5.04. The van der Waals surface area contributed by atoms with Gasteiger partial charge in [0.25, 0.3) is 0 Å². The molecule has 2 aliphatic rings. The average molecular weight is 467 g/mol. The van der Waals surface area contributed by atoms with Crippen LogP contribution < -0.4 is 15.4 Å². The van der Waals surface area contributed by atoms with Crippen molar-refractivity contribution < 1.29 is 14.2 Å².